The molecule has 0 radical (unpaired) electrons. The maximum atomic E-state index is 12.9. The smallest absolute Gasteiger partial charge is 0.316 e. The lowest BCUT2D eigenvalue weighted by molar-refractivity contribution is -0.137. The second kappa shape index (κ2) is 8.46. The Bertz CT molecular complexity index is 851. The molecule has 2 saturated heterocycles. The van der Waals surface area contributed by atoms with Gasteiger partial charge in [-0.15, -0.1) is 0 Å². The lowest BCUT2D eigenvalue weighted by Gasteiger charge is -2.33. The van der Waals surface area contributed by atoms with Gasteiger partial charge in [0.15, 0.2) is 0 Å². The summed E-state index contributed by atoms with van der Waals surface area (Å²) in [6.07, 6.45) is 5.00. The Labute approximate surface area is 169 Å². The summed E-state index contributed by atoms with van der Waals surface area (Å²) >= 11 is 0. The van der Waals surface area contributed by atoms with Crippen LogP contribution in [-0.2, 0) is 9.59 Å². The molecule has 0 spiro atoms. The molecule has 2 amide bonds. The van der Waals surface area contributed by atoms with Crippen LogP contribution in [0.15, 0.2) is 42.7 Å². The Hall–Kier alpha value is -3.16. The fourth-order valence-electron chi connectivity index (χ4n) is 3.83. The molecule has 29 heavy (non-hydrogen) atoms. The van der Waals surface area contributed by atoms with Crippen LogP contribution in [0.25, 0.3) is 0 Å². The van der Waals surface area contributed by atoms with Gasteiger partial charge in [0.25, 0.3) is 0 Å². The van der Waals surface area contributed by atoms with Crippen molar-refractivity contribution in [3.8, 4) is 11.8 Å². The average Bonchev–Trinajstić information content (AvgIpc) is 3.16. The molecule has 2 aliphatic rings. The summed E-state index contributed by atoms with van der Waals surface area (Å²) in [4.78, 5) is 37.1. The number of carbonyl (C=O) groups excluding carboxylic acids is 2. The highest BCUT2D eigenvalue weighted by atomic mass is 16.5. The number of hydrogen-bond acceptors (Lipinski definition) is 6. The van der Waals surface area contributed by atoms with Crippen LogP contribution in [0.5, 0.6) is 11.8 Å². The molecule has 0 aliphatic carbocycles. The number of anilines is 1. The van der Waals surface area contributed by atoms with E-state index in [2.05, 4.69) is 9.97 Å². The number of nitrogens with zero attached hydrogens (tertiary/aromatic N) is 4. The maximum Gasteiger partial charge on any atom is 0.316 e. The number of ether oxygens (including phenoxy) is 2. The number of likely N-dealkylation sites (tertiary alicyclic amines) is 1. The monoisotopic (exact) mass is 396 g/mol. The molecule has 4 rings (SSSR count). The molecule has 2 fully saturated rings. The van der Waals surface area contributed by atoms with Gasteiger partial charge in [0, 0.05) is 57.0 Å². The Kier molecular flexibility index (Phi) is 5.59. The number of amides is 2. The summed E-state index contributed by atoms with van der Waals surface area (Å²) in [7, 11) is 1.60. The highest BCUT2D eigenvalue weighted by Gasteiger charge is 2.38. The summed E-state index contributed by atoms with van der Waals surface area (Å²) in [6, 6.07) is 9.44. The third-order valence-corrected chi connectivity index (χ3v) is 5.43. The minimum atomic E-state index is -0.306. The number of hydrogen-bond donors (Lipinski definition) is 0. The van der Waals surface area contributed by atoms with E-state index in [0.717, 1.165) is 24.3 Å². The van der Waals surface area contributed by atoms with Crippen LogP contribution in [0.1, 0.15) is 19.3 Å². The predicted octanol–water partition coefficient (Wildman–Crippen LogP) is 1.91. The van der Waals surface area contributed by atoms with Crippen molar-refractivity contribution in [2.24, 2.45) is 5.92 Å². The van der Waals surface area contributed by atoms with Crippen LogP contribution in [0, 0.1) is 5.92 Å². The molecule has 0 bridgehead atoms. The lowest BCUT2D eigenvalue weighted by Crippen LogP contribution is -2.45. The zero-order valence-electron chi connectivity index (χ0n) is 16.4. The summed E-state index contributed by atoms with van der Waals surface area (Å²) in [5, 5.41) is 0. The Morgan fingerprint density at radius 3 is 2.45 bits per heavy atom. The van der Waals surface area contributed by atoms with Crippen molar-refractivity contribution in [2.75, 3.05) is 31.6 Å². The molecule has 2 aliphatic heterocycles. The van der Waals surface area contributed by atoms with Crippen LogP contribution in [0.2, 0.25) is 0 Å². The quantitative estimate of drug-likeness (QED) is 0.768. The first-order valence-corrected chi connectivity index (χ1v) is 9.81. The molecule has 0 saturated carbocycles. The number of rotatable bonds is 5. The largest absolute Gasteiger partial charge is 0.497 e. The van der Waals surface area contributed by atoms with Gasteiger partial charge < -0.3 is 19.3 Å². The third-order valence-electron chi connectivity index (χ3n) is 5.43. The van der Waals surface area contributed by atoms with Crippen LogP contribution in [-0.4, -0.2) is 59.5 Å². The fourth-order valence-corrected chi connectivity index (χ4v) is 3.83. The Balaban J connectivity index is 1.31. The average molecular weight is 396 g/mol. The van der Waals surface area contributed by atoms with Crippen LogP contribution >= 0.6 is 0 Å². The summed E-state index contributed by atoms with van der Waals surface area (Å²) < 4.78 is 10.9. The zero-order chi connectivity index (χ0) is 20.2. The van der Waals surface area contributed by atoms with Gasteiger partial charge in [-0.05, 0) is 30.3 Å². The van der Waals surface area contributed by atoms with Gasteiger partial charge in [0.2, 0.25) is 11.8 Å². The number of methoxy groups -OCH3 is 1. The van der Waals surface area contributed by atoms with E-state index in [4.69, 9.17) is 9.47 Å². The van der Waals surface area contributed by atoms with E-state index in [1.54, 1.807) is 30.5 Å². The summed E-state index contributed by atoms with van der Waals surface area (Å²) in [6.45, 7) is 1.64. The highest BCUT2D eigenvalue weighted by Crippen LogP contribution is 2.28. The molecule has 3 heterocycles. The Morgan fingerprint density at radius 2 is 1.79 bits per heavy atom. The third kappa shape index (κ3) is 4.31. The normalized spacial score (nSPS) is 20.0. The lowest BCUT2D eigenvalue weighted by atomic mass is 10.0. The van der Waals surface area contributed by atoms with Crippen LogP contribution < -0.4 is 14.4 Å². The zero-order valence-corrected chi connectivity index (χ0v) is 16.4. The van der Waals surface area contributed by atoms with E-state index >= 15 is 0 Å². The molecular weight excluding hydrogens is 372 g/mol. The minimum absolute atomic E-state index is 0.00228. The van der Waals surface area contributed by atoms with Crippen molar-refractivity contribution in [1.29, 1.82) is 0 Å². The van der Waals surface area contributed by atoms with E-state index in [1.807, 2.05) is 29.2 Å². The molecule has 8 nitrogen and oxygen atoms in total. The molecule has 0 N–H and O–H groups in total. The molecule has 1 unspecified atom stereocenters. The molecule has 152 valence electrons. The van der Waals surface area contributed by atoms with E-state index in [0.29, 0.717) is 25.6 Å². The molecule has 8 heteroatoms. The molecule has 1 aromatic carbocycles. The standard InChI is InChI=1S/C21H24N4O4/c1-28-17-5-3-16(4-6-17)25-14-15(13-19(25)26)20(27)24-11-7-18(8-12-24)29-21-22-9-2-10-23-21/h2-6,9-10,15,18H,7-8,11-14H2,1H3. The van der Waals surface area contributed by atoms with Crippen molar-refractivity contribution in [1.82, 2.24) is 14.9 Å². The van der Waals surface area contributed by atoms with Crippen molar-refractivity contribution >= 4 is 17.5 Å². The van der Waals surface area contributed by atoms with Gasteiger partial charge in [-0.25, -0.2) is 9.97 Å². The number of piperidine rings is 1. The van der Waals surface area contributed by atoms with Gasteiger partial charge >= 0.3 is 6.01 Å². The number of benzene rings is 1. The van der Waals surface area contributed by atoms with Crippen LogP contribution in [0.4, 0.5) is 5.69 Å². The summed E-state index contributed by atoms with van der Waals surface area (Å²) in [5.41, 5.74) is 0.793. The fraction of sp³-hybridized carbons (Fsp3) is 0.429. The van der Waals surface area contributed by atoms with Gasteiger partial charge in [-0.2, -0.15) is 0 Å². The first-order valence-electron chi connectivity index (χ1n) is 9.81. The summed E-state index contributed by atoms with van der Waals surface area (Å²) in [5.74, 6) is 0.454. The second-order valence-corrected chi connectivity index (χ2v) is 7.28. The van der Waals surface area contributed by atoms with Crippen molar-refractivity contribution in [3.05, 3.63) is 42.7 Å². The van der Waals surface area contributed by atoms with E-state index in [-0.39, 0.29) is 30.3 Å². The van der Waals surface area contributed by atoms with E-state index in [9.17, 15) is 9.59 Å². The topological polar surface area (TPSA) is 84.9 Å². The van der Waals surface area contributed by atoms with Gasteiger partial charge in [-0.3, -0.25) is 9.59 Å². The van der Waals surface area contributed by atoms with Gasteiger partial charge in [0.05, 0.1) is 13.0 Å². The van der Waals surface area contributed by atoms with Crippen molar-refractivity contribution in [2.45, 2.75) is 25.4 Å². The first kappa shape index (κ1) is 19.2. The highest BCUT2D eigenvalue weighted by molar-refractivity contribution is 6.00. The number of carbonyl (C=O) groups is 2. The van der Waals surface area contributed by atoms with Crippen LogP contribution in [0.3, 0.4) is 0 Å². The van der Waals surface area contributed by atoms with Gasteiger partial charge in [-0.1, -0.05) is 0 Å². The minimum Gasteiger partial charge on any atom is -0.497 e. The SMILES string of the molecule is COc1ccc(N2CC(C(=O)N3CCC(Oc4ncccn4)CC3)CC2=O)cc1. The number of aromatic nitrogens is 2. The molecular formula is C21H24N4O4. The van der Waals surface area contributed by atoms with E-state index < -0.39 is 0 Å². The maximum absolute atomic E-state index is 12.9. The van der Waals surface area contributed by atoms with Gasteiger partial charge in [0.1, 0.15) is 11.9 Å². The van der Waals surface area contributed by atoms with Crippen molar-refractivity contribution < 1.29 is 19.1 Å². The predicted molar refractivity (Wildman–Crippen MR) is 106 cm³/mol. The Morgan fingerprint density at radius 1 is 1.10 bits per heavy atom. The molecule has 2 aromatic rings. The molecule has 1 atom stereocenters. The van der Waals surface area contributed by atoms with E-state index in [1.165, 1.54) is 0 Å². The second-order valence-electron chi connectivity index (χ2n) is 7.28. The molecule has 1 aromatic heterocycles. The van der Waals surface area contributed by atoms with Crippen molar-refractivity contribution in [3.63, 3.8) is 0 Å². The first-order chi connectivity index (χ1) is 14.1.